The van der Waals surface area contributed by atoms with Crippen LogP contribution in [0.15, 0.2) is 12.3 Å². The summed E-state index contributed by atoms with van der Waals surface area (Å²) in [5.41, 5.74) is 0. The molecule has 0 unspecified atom stereocenters. The van der Waals surface area contributed by atoms with Gasteiger partial charge in [-0.1, -0.05) is 0 Å². The average Bonchev–Trinajstić information content (AvgIpc) is 1.72. The Bertz CT molecular complexity index is 78.9. The van der Waals surface area contributed by atoms with E-state index in [0.717, 1.165) is 0 Å². The number of hydrogen-bond donors (Lipinski definition) is 1. The SMILES string of the molecule is B.B1=CC=CON1. The zero-order chi connectivity index (χ0) is 4.24. The van der Waals surface area contributed by atoms with E-state index in [-0.39, 0.29) is 8.41 Å². The van der Waals surface area contributed by atoms with Gasteiger partial charge in [0.15, 0.2) is 0 Å². The predicted molar refractivity (Wildman–Crippen MR) is 35.1 cm³/mol. The Morgan fingerprint density at radius 2 is 2.43 bits per heavy atom. The van der Waals surface area contributed by atoms with Crippen LogP contribution in [0.25, 0.3) is 0 Å². The standard InChI is InChI=1S/C3H4BNO.BH3/c1-2-4-5-6-3-1;/h1-3,5H;1H3. The summed E-state index contributed by atoms with van der Waals surface area (Å²) in [7, 11) is 1.71. The molecule has 0 aromatic rings. The Morgan fingerprint density at radius 1 is 1.57 bits per heavy atom. The van der Waals surface area contributed by atoms with E-state index in [0.29, 0.717) is 0 Å². The van der Waals surface area contributed by atoms with Gasteiger partial charge >= 0.3 is 35.6 Å². The Kier molecular flexibility index (Phi) is 3.19. The zero-order valence-corrected chi connectivity index (χ0v) is 3.22. The summed E-state index contributed by atoms with van der Waals surface area (Å²) in [4.78, 5) is 4.55. The molecule has 0 spiro atoms. The molecule has 0 aromatic carbocycles. The molecular formula is C3H7B2NO. The van der Waals surface area contributed by atoms with E-state index in [1.54, 1.807) is 19.4 Å². The third kappa shape index (κ3) is 2.09. The van der Waals surface area contributed by atoms with E-state index in [1.807, 2.05) is 5.97 Å². The van der Waals surface area contributed by atoms with Crippen LogP contribution in [0.1, 0.15) is 0 Å². The van der Waals surface area contributed by atoms with E-state index < -0.39 is 0 Å². The molecule has 0 bridgehead atoms. The second-order valence-corrected chi connectivity index (χ2v) is 0.923. The van der Waals surface area contributed by atoms with E-state index in [9.17, 15) is 0 Å². The van der Waals surface area contributed by atoms with Gasteiger partial charge in [0.1, 0.15) is 0 Å². The molecule has 1 N–H and O–H groups in total. The van der Waals surface area contributed by atoms with Crippen LogP contribution >= 0.6 is 0 Å². The van der Waals surface area contributed by atoms with E-state index in [4.69, 9.17) is 0 Å². The average molecular weight is 94.7 g/mol. The first-order chi connectivity index (χ1) is 3.00. The van der Waals surface area contributed by atoms with Gasteiger partial charge in [-0.3, -0.25) is 0 Å². The van der Waals surface area contributed by atoms with E-state index in [1.165, 1.54) is 0 Å². The van der Waals surface area contributed by atoms with Crippen molar-refractivity contribution in [3.63, 3.8) is 0 Å². The number of hydrogen-bond acceptors (Lipinski definition) is 2. The van der Waals surface area contributed by atoms with Crippen LogP contribution < -0.4 is 5.39 Å². The maximum atomic E-state index is 4.55. The van der Waals surface area contributed by atoms with Crippen molar-refractivity contribution < 1.29 is 4.84 Å². The number of nitrogens with one attached hydrogen (secondary N) is 1. The molecule has 4 heteroatoms. The second kappa shape index (κ2) is 3.53. The molecule has 0 aromatic heterocycles. The van der Waals surface area contributed by atoms with E-state index in [2.05, 4.69) is 10.2 Å². The Morgan fingerprint density at radius 3 is 2.57 bits per heavy atom. The Labute approximate surface area is 45.0 Å². The summed E-state index contributed by atoms with van der Waals surface area (Å²) in [6, 6.07) is 0. The summed E-state index contributed by atoms with van der Waals surface area (Å²) in [6.45, 7) is 0. The van der Waals surface area contributed by atoms with Crippen LogP contribution in [0.3, 0.4) is 0 Å². The van der Waals surface area contributed by atoms with Gasteiger partial charge in [-0.15, -0.1) is 0 Å². The van der Waals surface area contributed by atoms with Crippen molar-refractivity contribution in [1.29, 1.82) is 0 Å². The third-order valence-electron chi connectivity index (χ3n) is 0.490. The summed E-state index contributed by atoms with van der Waals surface area (Å²) in [5, 5.41) is 2.52. The van der Waals surface area contributed by atoms with Gasteiger partial charge in [0.2, 0.25) is 0 Å². The molecule has 1 heterocycles. The molecule has 0 atom stereocenters. The van der Waals surface area contributed by atoms with Crippen molar-refractivity contribution in [2.45, 2.75) is 0 Å². The normalized spacial score (nSPS) is 12.6. The molecule has 2 nitrogen and oxygen atoms in total. The monoisotopic (exact) mass is 95.1 g/mol. The fraction of sp³-hybridized carbons (Fsp3) is 0. The van der Waals surface area contributed by atoms with Crippen LogP contribution in [0.5, 0.6) is 0 Å². The van der Waals surface area contributed by atoms with Crippen molar-refractivity contribution in [1.82, 2.24) is 5.39 Å². The van der Waals surface area contributed by atoms with Crippen molar-refractivity contribution in [2.75, 3.05) is 0 Å². The molecular weight excluding hydrogens is 87.7 g/mol. The van der Waals surface area contributed by atoms with Gasteiger partial charge in [0.25, 0.3) is 0 Å². The van der Waals surface area contributed by atoms with Gasteiger partial charge in [0, 0.05) is 0 Å². The van der Waals surface area contributed by atoms with Crippen molar-refractivity contribution in [3.05, 3.63) is 12.3 Å². The topological polar surface area (TPSA) is 21.3 Å². The van der Waals surface area contributed by atoms with Crippen LogP contribution in [0.2, 0.25) is 0 Å². The van der Waals surface area contributed by atoms with Gasteiger partial charge < -0.3 is 0 Å². The first-order valence-corrected chi connectivity index (χ1v) is 1.73. The maximum absolute atomic E-state index is 4.55. The van der Waals surface area contributed by atoms with Gasteiger partial charge in [-0.25, -0.2) is 0 Å². The summed E-state index contributed by atoms with van der Waals surface area (Å²) < 4.78 is 0. The van der Waals surface area contributed by atoms with Gasteiger partial charge in [-0.2, -0.15) is 0 Å². The first-order valence-electron chi connectivity index (χ1n) is 1.73. The Hall–Kier alpha value is -0.660. The van der Waals surface area contributed by atoms with Crippen LogP contribution in [-0.4, -0.2) is 21.4 Å². The van der Waals surface area contributed by atoms with Crippen molar-refractivity contribution >= 4 is 21.4 Å². The molecule has 0 amide bonds. The molecule has 0 radical (unpaired) electrons. The number of allylic oxidation sites excluding steroid dienone is 1. The Balaban J connectivity index is 0.000000360. The minimum atomic E-state index is 0. The fourth-order valence-corrected chi connectivity index (χ4v) is 0.258. The quantitative estimate of drug-likeness (QED) is 0.361. The summed E-state index contributed by atoms with van der Waals surface area (Å²) in [6.07, 6.45) is 3.37. The van der Waals surface area contributed by atoms with Crippen LogP contribution in [-0.2, 0) is 4.84 Å². The third-order valence-corrected chi connectivity index (χ3v) is 0.490. The molecule has 0 aliphatic carbocycles. The molecule has 0 fully saturated rings. The van der Waals surface area contributed by atoms with Crippen molar-refractivity contribution in [2.24, 2.45) is 0 Å². The van der Waals surface area contributed by atoms with E-state index >= 15 is 0 Å². The fourth-order valence-electron chi connectivity index (χ4n) is 0.258. The predicted octanol–water partition coefficient (Wildman–Crippen LogP) is -1.73. The first kappa shape index (κ1) is 6.34. The summed E-state index contributed by atoms with van der Waals surface area (Å²) >= 11 is 0. The molecule has 1 aliphatic heterocycles. The van der Waals surface area contributed by atoms with Crippen LogP contribution in [0, 0.1) is 0 Å². The molecule has 0 saturated heterocycles. The molecule has 1 rings (SSSR count). The summed E-state index contributed by atoms with van der Waals surface area (Å²) in [5.74, 6) is 1.85. The minimum absolute atomic E-state index is 0. The van der Waals surface area contributed by atoms with Crippen LogP contribution in [0.4, 0.5) is 0 Å². The molecule has 1 aliphatic rings. The molecule has 0 saturated carbocycles. The molecule has 7 heavy (non-hydrogen) atoms. The number of rotatable bonds is 0. The van der Waals surface area contributed by atoms with Gasteiger partial charge in [0.05, 0.1) is 8.41 Å². The second-order valence-electron chi connectivity index (χ2n) is 0.923. The van der Waals surface area contributed by atoms with Crippen molar-refractivity contribution in [3.8, 4) is 0 Å². The molecule has 36 valence electrons. The zero-order valence-electron chi connectivity index (χ0n) is 3.22. The van der Waals surface area contributed by atoms with Gasteiger partial charge in [-0.05, 0) is 0 Å².